The minimum Gasteiger partial charge on any atom is -0.370 e. The van der Waals surface area contributed by atoms with E-state index in [2.05, 4.69) is 4.98 Å². The van der Waals surface area contributed by atoms with Gasteiger partial charge in [-0.05, 0) is 18.6 Å². The van der Waals surface area contributed by atoms with Gasteiger partial charge < -0.3 is 16.5 Å². The Kier molecular flexibility index (Phi) is 3.66. The van der Waals surface area contributed by atoms with Gasteiger partial charge in [-0.1, -0.05) is 18.2 Å². The van der Waals surface area contributed by atoms with E-state index in [0.717, 1.165) is 16.5 Å². The Balaban J connectivity index is 2.48. The van der Waals surface area contributed by atoms with Crippen LogP contribution in [0.25, 0.3) is 10.9 Å². The van der Waals surface area contributed by atoms with Crippen LogP contribution in [0.5, 0.6) is 0 Å². The molecule has 2 unspecified atom stereocenters. The number of aromatic amines is 1. The highest BCUT2D eigenvalue weighted by atomic mass is 16.1. The molecule has 0 aliphatic heterocycles. The molecule has 0 saturated carbocycles. The van der Waals surface area contributed by atoms with Gasteiger partial charge in [-0.2, -0.15) is 0 Å². The average molecular weight is 259 g/mol. The van der Waals surface area contributed by atoms with Crippen molar-refractivity contribution in [3.05, 3.63) is 36.0 Å². The van der Waals surface area contributed by atoms with E-state index >= 15 is 0 Å². The van der Waals surface area contributed by atoms with Crippen molar-refractivity contribution in [1.29, 1.82) is 0 Å². The first-order valence-corrected chi connectivity index (χ1v) is 6.11. The minimum atomic E-state index is -0.730. The molecule has 0 aliphatic carbocycles. The molecular weight excluding hydrogens is 242 g/mol. The van der Waals surface area contributed by atoms with E-state index in [4.69, 9.17) is 11.5 Å². The van der Waals surface area contributed by atoms with E-state index in [1.165, 1.54) is 6.92 Å². The van der Waals surface area contributed by atoms with E-state index < -0.39 is 17.9 Å². The van der Waals surface area contributed by atoms with Gasteiger partial charge in [0.1, 0.15) is 5.78 Å². The first kappa shape index (κ1) is 13.3. The highest BCUT2D eigenvalue weighted by Gasteiger charge is 2.27. The number of nitrogens with one attached hydrogen (secondary N) is 1. The van der Waals surface area contributed by atoms with Crippen LogP contribution in [0.2, 0.25) is 0 Å². The van der Waals surface area contributed by atoms with Gasteiger partial charge in [-0.25, -0.2) is 0 Å². The van der Waals surface area contributed by atoms with Crippen LogP contribution < -0.4 is 11.5 Å². The second-order valence-corrected chi connectivity index (χ2v) is 4.70. The Morgan fingerprint density at radius 3 is 2.63 bits per heavy atom. The molecule has 0 saturated heterocycles. The van der Waals surface area contributed by atoms with Crippen molar-refractivity contribution in [2.24, 2.45) is 11.5 Å². The number of para-hydroxylation sites is 1. The van der Waals surface area contributed by atoms with Crippen LogP contribution in [0.4, 0.5) is 0 Å². The Bertz CT molecular complexity index is 618. The predicted molar refractivity (Wildman–Crippen MR) is 73.5 cm³/mol. The fourth-order valence-corrected chi connectivity index (χ4v) is 2.33. The Morgan fingerprint density at radius 1 is 1.32 bits per heavy atom. The lowest BCUT2D eigenvalue weighted by Gasteiger charge is -2.20. The zero-order chi connectivity index (χ0) is 14.0. The van der Waals surface area contributed by atoms with Crippen LogP contribution in [-0.2, 0) is 9.59 Å². The number of hydrogen-bond acceptors (Lipinski definition) is 3. The quantitative estimate of drug-likeness (QED) is 0.747. The molecule has 1 aromatic heterocycles. The van der Waals surface area contributed by atoms with Crippen molar-refractivity contribution in [2.45, 2.75) is 25.3 Å². The summed E-state index contributed by atoms with van der Waals surface area (Å²) < 4.78 is 0. The van der Waals surface area contributed by atoms with Crippen molar-refractivity contribution in [3.63, 3.8) is 0 Å². The number of ketones is 1. The Morgan fingerprint density at radius 2 is 2.00 bits per heavy atom. The number of nitrogens with two attached hydrogens (primary N) is 2. The van der Waals surface area contributed by atoms with Crippen molar-refractivity contribution in [1.82, 2.24) is 4.98 Å². The summed E-state index contributed by atoms with van der Waals surface area (Å²) in [5.74, 6) is -1.02. The van der Waals surface area contributed by atoms with Crippen molar-refractivity contribution >= 4 is 22.6 Å². The fraction of sp³-hybridized carbons (Fsp3) is 0.286. The van der Waals surface area contributed by atoms with Gasteiger partial charge >= 0.3 is 0 Å². The molecule has 100 valence electrons. The van der Waals surface area contributed by atoms with Crippen LogP contribution >= 0.6 is 0 Å². The number of hydrogen-bond donors (Lipinski definition) is 3. The average Bonchev–Trinajstić information content (AvgIpc) is 2.78. The molecule has 19 heavy (non-hydrogen) atoms. The van der Waals surface area contributed by atoms with Gasteiger partial charge in [-0.15, -0.1) is 0 Å². The van der Waals surface area contributed by atoms with Crippen LogP contribution in [0.1, 0.15) is 24.8 Å². The normalized spacial score (nSPS) is 14.2. The monoisotopic (exact) mass is 259 g/mol. The molecule has 2 rings (SSSR count). The Hall–Kier alpha value is -2.14. The summed E-state index contributed by atoms with van der Waals surface area (Å²) >= 11 is 0. The number of carbonyl (C=O) groups is 2. The fourth-order valence-electron chi connectivity index (χ4n) is 2.33. The maximum Gasteiger partial charge on any atom is 0.218 e. The van der Waals surface area contributed by atoms with Crippen LogP contribution in [0.3, 0.4) is 0 Å². The van der Waals surface area contributed by atoms with Crippen LogP contribution in [-0.4, -0.2) is 22.7 Å². The maximum atomic E-state index is 11.5. The summed E-state index contributed by atoms with van der Waals surface area (Å²) in [4.78, 5) is 25.8. The number of fused-ring (bicyclic) bond motifs is 1. The Labute approximate surface area is 111 Å². The highest BCUT2D eigenvalue weighted by molar-refractivity contribution is 5.88. The second kappa shape index (κ2) is 5.24. The summed E-state index contributed by atoms with van der Waals surface area (Å²) in [7, 11) is 0. The van der Waals surface area contributed by atoms with Crippen molar-refractivity contribution in [2.75, 3.05) is 0 Å². The minimum absolute atomic E-state index is 0.0581. The number of H-pyrrole nitrogens is 1. The molecule has 5 heteroatoms. The molecule has 5 nitrogen and oxygen atoms in total. The lowest BCUT2D eigenvalue weighted by molar-refractivity contribution is -0.120. The highest BCUT2D eigenvalue weighted by Crippen LogP contribution is 2.30. The molecule has 0 radical (unpaired) electrons. The summed E-state index contributed by atoms with van der Waals surface area (Å²) in [5, 5.41) is 0.963. The molecule has 5 N–H and O–H groups in total. The summed E-state index contributed by atoms with van der Waals surface area (Å²) in [6.45, 7) is 1.42. The molecule has 0 aliphatic rings. The van der Waals surface area contributed by atoms with Gasteiger partial charge in [0.25, 0.3) is 0 Å². The van der Waals surface area contributed by atoms with Gasteiger partial charge in [0, 0.05) is 29.4 Å². The SMILES string of the molecule is CC(=O)C(N)C(CC(N)=O)c1c[nH]c2ccccc12. The predicted octanol–water partition coefficient (Wildman–Crippen LogP) is 1.04. The largest absolute Gasteiger partial charge is 0.370 e. The molecule has 0 fully saturated rings. The molecule has 0 bridgehead atoms. The molecule has 0 spiro atoms. The first-order valence-electron chi connectivity index (χ1n) is 6.11. The van der Waals surface area contributed by atoms with E-state index in [1.807, 2.05) is 24.3 Å². The summed E-state index contributed by atoms with van der Waals surface area (Å²) in [5.41, 5.74) is 13.0. The van der Waals surface area contributed by atoms with Crippen molar-refractivity contribution in [3.8, 4) is 0 Å². The number of Topliss-reactive ketones (excluding diaryl/α,β-unsaturated/α-hetero) is 1. The molecule has 2 aromatic rings. The number of aromatic nitrogens is 1. The maximum absolute atomic E-state index is 11.5. The lowest BCUT2D eigenvalue weighted by atomic mass is 9.86. The van der Waals surface area contributed by atoms with Gasteiger partial charge in [0.15, 0.2) is 0 Å². The molecule has 1 amide bonds. The zero-order valence-corrected chi connectivity index (χ0v) is 10.7. The van der Waals surface area contributed by atoms with E-state index in [-0.39, 0.29) is 12.2 Å². The molecule has 1 heterocycles. The van der Waals surface area contributed by atoms with Crippen molar-refractivity contribution < 1.29 is 9.59 Å². The van der Waals surface area contributed by atoms with Gasteiger partial charge in [0.2, 0.25) is 5.91 Å². The number of benzene rings is 1. The van der Waals surface area contributed by atoms with E-state index in [9.17, 15) is 9.59 Å². The third-order valence-electron chi connectivity index (χ3n) is 3.34. The van der Waals surface area contributed by atoms with Gasteiger partial charge in [-0.3, -0.25) is 9.59 Å². The zero-order valence-electron chi connectivity index (χ0n) is 10.7. The third kappa shape index (κ3) is 2.66. The van der Waals surface area contributed by atoms with Crippen LogP contribution in [0, 0.1) is 0 Å². The molecular formula is C14H17N3O2. The number of carbonyl (C=O) groups excluding carboxylic acids is 2. The summed E-state index contributed by atoms with van der Waals surface area (Å²) in [6, 6.07) is 6.95. The molecule has 2 atom stereocenters. The number of rotatable bonds is 5. The smallest absolute Gasteiger partial charge is 0.218 e. The second-order valence-electron chi connectivity index (χ2n) is 4.70. The number of primary amides is 1. The van der Waals surface area contributed by atoms with E-state index in [0.29, 0.717) is 0 Å². The summed E-state index contributed by atoms with van der Waals surface area (Å²) in [6.07, 6.45) is 1.85. The standard InChI is InChI=1S/C14H17N3O2/c1-8(18)14(16)10(6-13(15)19)11-7-17-12-5-3-2-4-9(11)12/h2-5,7,10,14,17H,6,16H2,1H3,(H2,15,19). The topological polar surface area (TPSA) is 102 Å². The van der Waals surface area contributed by atoms with Crippen LogP contribution in [0.15, 0.2) is 30.5 Å². The first-order chi connectivity index (χ1) is 9.00. The third-order valence-corrected chi connectivity index (χ3v) is 3.34. The lowest BCUT2D eigenvalue weighted by Crippen LogP contribution is -2.37. The van der Waals surface area contributed by atoms with E-state index in [1.54, 1.807) is 6.20 Å². The number of amides is 1. The molecule has 1 aromatic carbocycles. The van der Waals surface area contributed by atoms with Gasteiger partial charge in [0.05, 0.1) is 6.04 Å².